The van der Waals surface area contributed by atoms with Crippen molar-refractivity contribution in [1.29, 1.82) is 0 Å². The zero-order valence-electron chi connectivity index (χ0n) is 9.15. The molecule has 2 rings (SSSR count). The Hall–Kier alpha value is -0.900. The zero-order chi connectivity index (χ0) is 15.1. The standard InChI is InChI=1S/C9H3Cl2F3N2O2S2/c10-5-2-1-4(3-6(5)11)20(17,18)8-16-15-7(19-8)9(12,13)14/h1-3H. The first-order chi connectivity index (χ1) is 9.12. The smallest absolute Gasteiger partial charge is 0.216 e. The quantitative estimate of drug-likeness (QED) is 0.817. The van der Waals surface area contributed by atoms with Gasteiger partial charge < -0.3 is 0 Å². The molecule has 20 heavy (non-hydrogen) atoms. The van der Waals surface area contributed by atoms with Crippen LogP contribution in [0.3, 0.4) is 0 Å². The number of hydrogen-bond acceptors (Lipinski definition) is 5. The number of nitrogens with zero attached hydrogens (tertiary/aromatic N) is 2. The summed E-state index contributed by atoms with van der Waals surface area (Å²) in [5.74, 6) is 0. The van der Waals surface area contributed by atoms with Gasteiger partial charge in [0.05, 0.1) is 14.9 Å². The van der Waals surface area contributed by atoms with Crippen LogP contribution in [0.5, 0.6) is 0 Å². The van der Waals surface area contributed by atoms with Gasteiger partial charge in [0, 0.05) is 0 Å². The Bertz CT molecular complexity index is 759. The monoisotopic (exact) mass is 362 g/mol. The van der Waals surface area contributed by atoms with Crippen LogP contribution < -0.4 is 0 Å². The van der Waals surface area contributed by atoms with Gasteiger partial charge in [-0.15, -0.1) is 10.2 Å². The van der Waals surface area contributed by atoms with Crippen LogP contribution in [0.15, 0.2) is 27.4 Å². The minimum absolute atomic E-state index is 0.0340. The highest BCUT2D eigenvalue weighted by molar-refractivity contribution is 7.93. The van der Waals surface area contributed by atoms with Gasteiger partial charge >= 0.3 is 6.18 Å². The molecule has 1 aromatic carbocycles. The van der Waals surface area contributed by atoms with Crippen LogP contribution in [-0.4, -0.2) is 18.6 Å². The van der Waals surface area contributed by atoms with Crippen LogP contribution in [0.25, 0.3) is 0 Å². The van der Waals surface area contributed by atoms with Crippen molar-refractivity contribution in [3.05, 3.63) is 33.3 Å². The van der Waals surface area contributed by atoms with Gasteiger partial charge in [0.25, 0.3) is 0 Å². The molecule has 0 radical (unpaired) electrons. The Morgan fingerprint density at radius 3 is 2.25 bits per heavy atom. The van der Waals surface area contributed by atoms with Gasteiger partial charge in [-0.1, -0.05) is 34.5 Å². The molecule has 4 nitrogen and oxygen atoms in total. The minimum atomic E-state index is -4.75. The molecule has 108 valence electrons. The number of alkyl halides is 3. The third-order valence-corrected chi connectivity index (χ3v) is 5.91. The normalized spacial score (nSPS) is 12.7. The highest BCUT2D eigenvalue weighted by atomic mass is 35.5. The second-order valence-corrected chi connectivity index (χ2v) is 7.37. The molecule has 0 bridgehead atoms. The van der Waals surface area contributed by atoms with E-state index in [0.717, 1.165) is 12.1 Å². The maximum absolute atomic E-state index is 12.4. The molecule has 0 aliphatic rings. The number of rotatable bonds is 2. The Morgan fingerprint density at radius 2 is 1.75 bits per heavy atom. The van der Waals surface area contributed by atoms with E-state index in [0.29, 0.717) is 0 Å². The topological polar surface area (TPSA) is 59.9 Å². The van der Waals surface area contributed by atoms with Crippen LogP contribution in [0.1, 0.15) is 5.01 Å². The van der Waals surface area contributed by atoms with Crippen LogP contribution in [-0.2, 0) is 16.0 Å². The van der Waals surface area contributed by atoms with Crippen molar-refractivity contribution in [2.24, 2.45) is 0 Å². The van der Waals surface area contributed by atoms with Crippen molar-refractivity contribution in [2.75, 3.05) is 0 Å². The summed E-state index contributed by atoms with van der Waals surface area (Å²) in [4.78, 5) is -0.309. The summed E-state index contributed by atoms with van der Waals surface area (Å²) < 4.78 is 60.5. The van der Waals surface area contributed by atoms with Crippen LogP contribution in [0, 0.1) is 0 Å². The van der Waals surface area contributed by atoms with E-state index in [2.05, 4.69) is 10.2 Å². The lowest BCUT2D eigenvalue weighted by Crippen LogP contribution is -2.03. The Labute approximate surface area is 125 Å². The van der Waals surface area contributed by atoms with Crippen molar-refractivity contribution in [1.82, 2.24) is 10.2 Å². The average Bonchev–Trinajstić information content (AvgIpc) is 2.82. The number of hydrogen-bond donors (Lipinski definition) is 0. The average molecular weight is 363 g/mol. The van der Waals surface area contributed by atoms with Gasteiger partial charge in [-0.2, -0.15) is 13.2 Å². The van der Waals surface area contributed by atoms with Crippen molar-refractivity contribution < 1.29 is 21.6 Å². The number of halogens is 5. The molecule has 0 saturated carbocycles. The van der Waals surface area contributed by atoms with E-state index in [1.54, 1.807) is 0 Å². The lowest BCUT2D eigenvalue weighted by Gasteiger charge is -2.02. The third-order valence-electron chi connectivity index (χ3n) is 2.08. The van der Waals surface area contributed by atoms with Gasteiger partial charge in [0.1, 0.15) is 0 Å². The van der Waals surface area contributed by atoms with E-state index in [1.165, 1.54) is 6.07 Å². The molecule has 0 saturated heterocycles. The first-order valence-corrected chi connectivity index (χ1v) is 7.79. The lowest BCUT2D eigenvalue weighted by molar-refractivity contribution is -0.138. The van der Waals surface area contributed by atoms with Crippen LogP contribution in [0.4, 0.5) is 13.2 Å². The first kappa shape index (κ1) is 15.5. The second kappa shape index (κ2) is 5.14. The van der Waals surface area contributed by atoms with Crippen molar-refractivity contribution in [3.63, 3.8) is 0 Å². The van der Waals surface area contributed by atoms with Gasteiger partial charge in [-0.25, -0.2) is 8.42 Å². The molecular weight excluding hydrogens is 360 g/mol. The predicted molar refractivity (Wildman–Crippen MR) is 66.8 cm³/mol. The molecule has 0 N–H and O–H groups in total. The summed E-state index contributed by atoms with van der Waals surface area (Å²) in [7, 11) is -4.22. The van der Waals surface area contributed by atoms with E-state index < -0.39 is 25.4 Å². The molecular formula is C9H3Cl2F3N2O2S2. The van der Waals surface area contributed by atoms with E-state index in [-0.39, 0.29) is 26.3 Å². The van der Waals surface area contributed by atoms with Crippen LogP contribution >= 0.6 is 34.5 Å². The lowest BCUT2D eigenvalue weighted by atomic mass is 10.4. The molecule has 0 atom stereocenters. The van der Waals surface area contributed by atoms with Crippen molar-refractivity contribution >= 4 is 44.4 Å². The van der Waals surface area contributed by atoms with Crippen LogP contribution in [0.2, 0.25) is 10.0 Å². The summed E-state index contributed by atoms with van der Waals surface area (Å²) in [6.07, 6.45) is -4.75. The molecule has 2 aromatic rings. The summed E-state index contributed by atoms with van der Waals surface area (Å²) in [5.41, 5.74) is 0. The highest BCUT2D eigenvalue weighted by Crippen LogP contribution is 2.35. The largest absolute Gasteiger partial charge is 0.445 e. The molecule has 0 aliphatic heterocycles. The van der Waals surface area contributed by atoms with Crippen molar-refractivity contribution in [3.8, 4) is 0 Å². The number of sulfone groups is 1. The summed E-state index contributed by atoms with van der Waals surface area (Å²) in [6, 6.07) is 3.38. The molecule has 0 aliphatic carbocycles. The molecule has 0 unspecified atom stereocenters. The summed E-state index contributed by atoms with van der Waals surface area (Å²) >= 11 is 11.3. The summed E-state index contributed by atoms with van der Waals surface area (Å²) in [5, 5.41) is 4.64. The van der Waals surface area contributed by atoms with E-state index in [9.17, 15) is 21.6 Å². The van der Waals surface area contributed by atoms with E-state index in [1.807, 2.05) is 0 Å². The molecule has 1 aromatic heterocycles. The molecule has 11 heteroatoms. The number of benzene rings is 1. The third kappa shape index (κ3) is 2.90. The van der Waals surface area contributed by atoms with E-state index in [4.69, 9.17) is 23.2 Å². The maximum Gasteiger partial charge on any atom is 0.445 e. The fraction of sp³-hybridized carbons (Fsp3) is 0.111. The predicted octanol–water partition coefficient (Wildman–Crippen LogP) is 3.70. The maximum atomic E-state index is 12.4. The fourth-order valence-electron chi connectivity index (χ4n) is 1.18. The van der Waals surface area contributed by atoms with Gasteiger partial charge in [0.2, 0.25) is 19.2 Å². The zero-order valence-corrected chi connectivity index (χ0v) is 12.3. The van der Waals surface area contributed by atoms with Gasteiger partial charge in [0.15, 0.2) is 0 Å². The number of aromatic nitrogens is 2. The Morgan fingerprint density at radius 1 is 1.10 bits per heavy atom. The summed E-state index contributed by atoms with van der Waals surface area (Å²) in [6.45, 7) is 0. The molecule has 1 heterocycles. The molecule has 0 fully saturated rings. The van der Waals surface area contributed by atoms with Crippen molar-refractivity contribution in [2.45, 2.75) is 15.4 Å². The minimum Gasteiger partial charge on any atom is -0.216 e. The molecule has 0 amide bonds. The fourth-order valence-corrected chi connectivity index (χ4v) is 3.82. The Kier molecular flexibility index (Phi) is 3.98. The van der Waals surface area contributed by atoms with Gasteiger partial charge in [-0.3, -0.25) is 0 Å². The second-order valence-electron chi connectivity index (χ2n) is 3.45. The molecule has 0 spiro atoms. The highest BCUT2D eigenvalue weighted by Gasteiger charge is 2.37. The SMILES string of the molecule is O=S(=O)(c1ccc(Cl)c(Cl)c1)c1nnc(C(F)(F)F)s1. The van der Waals surface area contributed by atoms with Gasteiger partial charge in [-0.05, 0) is 18.2 Å². The first-order valence-electron chi connectivity index (χ1n) is 4.73. The van der Waals surface area contributed by atoms with E-state index >= 15 is 0 Å². The Balaban J connectivity index is 2.50.